The molecule has 0 fully saturated rings. The van der Waals surface area contributed by atoms with E-state index in [1.807, 2.05) is 6.92 Å². The van der Waals surface area contributed by atoms with Crippen molar-refractivity contribution >= 4 is 6.03 Å². The molecule has 3 N–H and O–H groups in total. The number of hydrogen-bond acceptors (Lipinski definition) is 2. The van der Waals surface area contributed by atoms with Gasteiger partial charge in [-0.15, -0.1) is 0 Å². The van der Waals surface area contributed by atoms with Gasteiger partial charge in [0.1, 0.15) is 0 Å². The van der Waals surface area contributed by atoms with Gasteiger partial charge in [0.25, 0.3) is 0 Å². The summed E-state index contributed by atoms with van der Waals surface area (Å²) in [5, 5.41) is 15.0. The third-order valence-electron chi connectivity index (χ3n) is 3.16. The van der Waals surface area contributed by atoms with Crippen LogP contribution in [0.4, 0.5) is 4.79 Å². The Morgan fingerprint density at radius 2 is 2.29 bits per heavy atom. The molecule has 17 heavy (non-hydrogen) atoms. The number of amides is 2. The molecule has 1 rings (SSSR count). The molecule has 0 radical (unpaired) electrons. The lowest BCUT2D eigenvalue weighted by atomic mass is 9.94. The van der Waals surface area contributed by atoms with Crippen molar-refractivity contribution in [2.45, 2.75) is 45.1 Å². The number of rotatable bonds is 6. The van der Waals surface area contributed by atoms with E-state index in [9.17, 15) is 9.90 Å². The lowest BCUT2D eigenvalue weighted by Crippen LogP contribution is -2.39. The molecule has 1 aliphatic rings. The van der Waals surface area contributed by atoms with Crippen LogP contribution in [-0.4, -0.2) is 30.3 Å². The number of allylic oxidation sites excluding steroid dienone is 2. The van der Waals surface area contributed by atoms with E-state index in [2.05, 4.69) is 22.8 Å². The van der Waals surface area contributed by atoms with Gasteiger partial charge in [-0.2, -0.15) is 0 Å². The van der Waals surface area contributed by atoms with Crippen LogP contribution in [0.1, 0.15) is 39.0 Å². The van der Waals surface area contributed by atoms with Crippen LogP contribution in [0.2, 0.25) is 0 Å². The molecular formula is C13H24N2O2. The largest absolute Gasteiger partial charge is 0.393 e. The van der Waals surface area contributed by atoms with Gasteiger partial charge in [-0.1, -0.05) is 19.1 Å². The topological polar surface area (TPSA) is 61.4 Å². The molecule has 4 heteroatoms. The predicted octanol–water partition coefficient (Wildman–Crippen LogP) is 1.80. The fraction of sp³-hybridized carbons (Fsp3) is 0.769. The molecule has 0 saturated carbocycles. The Morgan fingerprint density at radius 1 is 1.47 bits per heavy atom. The first-order chi connectivity index (χ1) is 8.22. The maximum Gasteiger partial charge on any atom is 0.314 e. The zero-order valence-corrected chi connectivity index (χ0v) is 10.6. The van der Waals surface area contributed by atoms with Gasteiger partial charge >= 0.3 is 6.03 Å². The van der Waals surface area contributed by atoms with Crippen LogP contribution in [0, 0.1) is 5.92 Å². The zero-order valence-electron chi connectivity index (χ0n) is 10.6. The predicted molar refractivity (Wildman–Crippen MR) is 68.8 cm³/mol. The van der Waals surface area contributed by atoms with E-state index in [0.29, 0.717) is 18.9 Å². The van der Waals surface area contributed by atoms with Crippen molar-refractivity contribution in [1.82, 2.24) is 10.6 Å². The number of aliphatic hydroxyl groups excluding tert-OH is 1. The first kappa shape index (κ1) is 14.0. The number of hydrogen-bond donors (Lipinski definition) is 3. The van der Waals surface area contributed by atoms with Crippen molar-refractivity contribution in [3.8, 4) is 0 Å². The molecule has 98 valence electrons. The molecule has 0 aromatic carbocycles. The summed E-state index contributed by atoms with van der Waals surface area (Å²) in [6, 6.07) is -0.122. The highest BCUT2D eigenvalue weighted by atomic mass is 16.3. The van der Waals surface area contributed by atoms with Gasteiger partial charge in [-0.05, 0) is 38.0 Å². The Labute approximate surface area is 103 Å². The van der Waals surface area contributed by atoms with Gasteiger partial charge in [-0.25, -0.2) is 4.79 Å². The van der Waals surface area contributed by atoms with Crippen molar-refractivity contribution in [3.63, 3.8) is 0 Å². The maximum atomic E-state index is 11.4. The van der Waals surface area contributed by atoms with Gasteiger partial charge in [0.2, 0.25) is 0 Å². The molecular weight excluding hydrogens is 216 g/mol. The number of carbonyl (C=O) groups excluding carboxylic acids is 1. The van der Waals surface area contributed by atoms with E-state index in [1.54, 1.807) is 0 Å². The van der Waals surface area contributed by atoms with E-state index in [-0.39, 0.29) is 12.1 Å². The Kier molecular flexibility index (Phi) is 6.70. The number of urea groups is 1. The van der Waals surface area contributed by atoms with E-state index in [1.165, 1.54) is 0 Å². The Bertz CT molecular complexity index is 254. The van der Waals surface area contributed by atoms with Crippen LogP contribution in [0.5, 0.6) is 0 Å². The first-order valence-corrected chi connectivity index (χ1v) is 6.57. The van der Waals surface area contributed by atoms with Crippen LogP contribution in [0.3, 0.4) is 0 Å². The van der Waals surface area contributed by atoms with E-state index in [0.717, 1.165) is 32.2 Å². The second-order valence-corrected chi connectivity index (χ2v) is 4.64. The normalized spacial score (nSPS) is 20.9. The Balaban J connectivity index is 2.02. The van der Waals surface area contributed by atoms with Crippen molar-refractivity contribution in [2.75, 3.05) is 13.1 Å². The second-order valence-electron chi connectivity index (χ2n) is 4.64. The van der Waals surface area contributed by atoms with E-state index < -0.39 is 0 Å². The molecule has 4 nitrogen and oxygen atoms in total. The smallest absolute Gasteiger partial charge is 0.314 e. The van der Waals surface area contributed by atoms with Crippen molar-refractivity contribution in [3.05, 3.63) is 12.2 Å². The Morgan fingerprint density at radius 3 is 2.94 bits per heavy atom. The van der Waals surface area contributed by atoms with E-state index in [4.69, 9.17) is 0 Å². The molecule has 2 atom stereocenters. The fourth-order valence-corrected chi connectivity index (χ4v) is 1.90. The van der Waals surface area contributed by atoms with Crippen LogP contribution >= 0.6 is 0 Å². The van der Waals surface area contributed by atoms with Gasteiger partial charge < -0.3 is 15.7 Å². The molecule has 0 aliphatic heterocycles. The minimum absolute atomic E-state index is 0.122. The monoisotopic (exact) mass is 240 g/mol. The number of aliphatic hydroxyl groups is 1. The van der Waals surface area contributed by atoms with E-state index >= 15 is 0 Å². The molecule has 0 bridgehead atoms. The first-order valence-electron chi connectivity index (χ1n) is 6.57. The highest BCUT2D eigenvalue weighted by molar-refractivity contribution is 5.73. The second kappa shape index (κ2) is 8.12. The summed E-state index contributed by atoms with van der Waals surface area (Å²) in [7, 11) is 0. The molecule has 0 aromatic rings. The SMILES string of the molecule is CC[C@@H](O)CCNC(=O)NC[C@@H]1CC=CCC1. The fourth-order valence-electron chi connectivity index (χ4n) is 1.90. The van der Waals surface area contributed by atoms with Crippen LogP contribution in [-0.2, 0) is 0 Å². The molecule has 1 aliphatic carbocycles. The average Bonchev–Trinajstić information content (AvgIpc) is 2.37. The summed E-state index contributed by atoms with van der Waals surface area (Å²) >= 11 is 0. The average molecular weight is 240 g/mol. The summed E-state index contributed by atoms with van der Waals surface area (Å²) in [5.41, 5.74) is 0. The van der Waals surface area contributed by atoms with Crippen molar-refractivity contribution in [1.29, 1.82) is 0 Å². The summed E-state index contributed by atoms with van der Waals surface area (Å²) in [5.74, 6) is 0.576. The van der Waals surface area contributed by atoms with Gasteiger partial charge in [0.15, 0.2) is 0 Å². The van der Waals surface area contributed by atoms with Crippen LogP contribution in [0.25, 0.3) is 0 Å². The molecule has 0 unspecified atom stereocenters. The number of carbonyl (C=O) groups is 1. The van der Waals surface area contributed by atoms with Crippen molar-refractivity contribution in [2.24, 2.45) is 5.92 Å². The molecule has 2 amide bonds. The van der Waals surface area contributed by atoms with Crippen molar-refractivity contribution < 1.29 is 9.90 Å². The van der Waals surface area contributed by atoms with Gasteiger partial charge in [-0.3, -0.25) is 0 Å². The van der Waals surface area contributed by atoms with Gasteiger partial charge in [0, 0.05) is 13.1 Å². The summed E-state index contributed by atoms with van der Waals surface area (Å²) < 4.78 is 0. The maximum absolute atomic E-state index is 11.4. The minimum Gasteiger partial charge on any atom is -0.393 e. The summed E-state index contributed by atoms with van der Waals surface area (Å²) in [6.45, 7) is 3.21. The minimum atomic E-state index is -0.307. The molecule has 0 aromatic heterocycles. The molecule has 0 saturated heterocycles. The van der Waals surface area contributed by atoms with Crippen LogP contribution < -0.4 is 10.6 Å². The molecule has 0 heterocycles. The quantitative estimate of drug-likeness (QED) is 0.620. The summed E-state index contributed by atoms with van der Waals surface area (Å²) in [6.07, 6.45) is 8.78. The van der Waals surface area contributed by atoms with Gasteiger partial charge in [0.05, 0.1) is 6.10 Å². The number of nitrogens with one attached hydrogen (secondary N) is 2. The highest BCUT2D eigenvalue weighted by Gasteiger charge is 2.11. The third-order valence-corrected chi connectivity index (χ3v) is 3.16. The van der Waals surface area contributed by atoms with Crippen LogP contribution in [0.15, 0.2) is 12.2 Å². The molecule has 0 spiro atoms. The lowest BCUT2D eigenvalue weighted by molar-refractivity contribution is 0.160. The lowest BCUT2D eigenvalue weighted by Gasteiger charge is -2.18. The third kappa shape index (κ3) is 6.31. The Hall–Kier alpha value is -1.03. The summed E-state index contributed by atoms with van der Waals surface area (Å²) in [4.78, 5) is 11.4. The highest BCUT2D eigenvalue weighted by Crippen LogP contribution is 2.16. The standard InChI is InChI=1S/C13H24N2O2/c1-2-12(16)8-9-14-13(17)15-10-11-6-4-3-5-7-11/h3-4,11-12,16H,2,5-10H2,1H3,(H2,14,15,17)/t11-,12-/m1/s1. The zero-order chi connectivity index (χ0) is 12.5.